The van der Waals surface area contributed by atoms with Crippen molar-refractivity contribution in [3.8, 4) is 0 Å². The molecule has 6 heteroatoms. The Hall–Kier alpha value is -2.70. The molecule has 0 bridgehead atoms. The molecule has 0 radical (unpaired) electrons. The van der Waals surface area contributed by atoms with Crippen LogP contribution in [0.3, 0.4) is 0 Å². The fourth-order valence-electron chi connectivity index (χ4n) is 3.43. The van der Waals surface area contributed by atoms with Gasteiger partial charge in [0.05, 0.1) is 6.54 Å². The number of nitrogens with one attached hydrogen (secondary N) is 2. The number of hydrogen-bond donors (Lipinski definition) is 3. The van der Waals surface area contributed by atoms with Crippen molar-refractivity contribution in [2.45, 2.75) is 33.2 Å². The predicted molar refractivity (Wildman–Crippen MR) is 127 cm³/mol. The van der Waals surface area contributed by atoms with Crippen molar-refractivity contribution >= 4 is 28.2 Å². The highest BCUT2D eigenvalue weighted by atomic mass is 32.1. The number of aliphatic hydroxyl groups excluding tert-OH is 1. The lowest BCUT2D eigenvalue weighted by Gasteiger charge is -2.25. The molecule has 2 aromatic carbocycles. The van der Waals surface area contributed by atoms with Gasteiger partial charge in [-0.3, -0.25) is 4.79 Å². The first-order valence-corrected chi connectivity index (χ1v) is 10.7. The van der Waals surface area contributed by atoms with Crippen molar-refractivity contribution < 1.29 is 5.11 Å². The Labute approximate surface area is 182 Å². The lowest BCUT2D eigenvalue weighted by atomic mass is 10.0. The summed E-state index contributed by atoms with van der Waals surface area (Å²) in [5.41, 5.74) is 4.99. The Kier molecular flexibility index (Phi) is 7.60. The molecule has 3 N–H and O–H groups in total. The van der Waals surface area contributed by atoms with Gasteiger partial charge in [0.15, 0.2) is 5.11 Å². The summed E-state index contributed by atoms with van der Waals surface area (Å²) in [6.07, 6.45) is 1.45. The Morgan fingerprint density at radius 2 is 1.87 bits per heavy atom. The van der Waals surface area contributed by atoms with E-state index in [-0.39, 0.29) is 12.2 Å². The largest absolute Gasteiger partial charge is 0.396 e. The fraction of sp³-hybridized carbons (Fsp3) is 0.333. The molecule has 3 aromatic rings. The van der Waals surface area contributed by atoms with Crippen LogP contribution >= 0.6 is 12.2 Å². The summed E-state index contributed by atoms with van der Waals surface area (Å²) in [5.74, 6) is 0. The molecule has 5 nitrogen and oxygen atoms in total. The molecule has 0 aliphatic carbocycles. The molecule has 0 fully saturated rings. The van der Waals surface area contributed by atoms with Crippen LogP contribution in [0.25, 0.3) is 10.9 Å². The third-order valence-corrected chi connectivity index (χ3v) is 5.71. The Morgan fingerprint density at radius 3 is 2.60 bits per heavy atom. The average Bonchev–Trinajstić information content (AvgIpc) is 2.73. The minimum absolute atomic E-state index is 0.0790. The number of aliphatic hydroxyl groups is 1. The van der Waals surface area contributed by atoms with Crippen molar-refractivity contribution in [3.05, 3.63) is 81.1 Å². The van der Waals surface area contributed by atoms with Crippen LogP contribution in [0.5, 0.6) is 0 Å². The first-order valence-electron chi connectivity index (χ1n) is 10.3. The third kappa shape index (κ3) is 5.68. The number of aromatic amines is 1. The number of thiocarbonyl (C=S) groups is 1. The van der Waals surface area contributed by atoms with Gasteiger partial charge in [0.25, 0.3) is 5.56 Å². The van der Waals surface area contributed by atoms with Gasteiger partial charge in [0.2, 0.25) is 0 Å². The third-order valence-electron chi connectivity index (χ3n) is 5.30. The number of hydrogen-bond acceptors (Lipinski definition) is 3. The van der Waals surface area contributed by atoms with E-state index in [1.54, 1.807) is 0 Å². The molecule has 0 saturated heterocycles. The molecule has 0 aliphatic rings. The second-order valence-electron chi connectivity index (χ2n) is 7.61. The van der Waals surface area contributed by atoms with E-state index in [0.29, 0.717) is 36.7 Å². The predicted octanol–water partition coefficient (Wildman–Crippen LogP) is 3.45. The monoisotopic (exact) mass is 423 g/mol. The topological polar surface area (TPSA) is 68.4 Å². The molecule has 3 rings (SSSR count). The van der Waals surface area contributed by atoms with Crippen LogP contribution in [0, 0.1) is 13.8 Å². The van der Waals surface area contributed by atoms with E-state index in [2.05, 4.69) is 35.4 Å². The summed E-state index contributed by atoms with van der Waals surface area (Å²) in [6, 6.07) is 16.3. The summed E-state index contributed by atoms with van der Waals surface area (Å²) < 4.78 is 0. The molecular weight excluding hydrogens is 394 g/mol. The standard InChI is InChI=1S/C24H29N3O2S/c1-17-13-20-15-21(23(29)26-22(20)14-18(17)2)16-27(11-6-12-28)24(30)25-10-9-19-7-4-3-5-8-19/h3-5,7-8,13-15,28H,6,9-12,16H2,1-2H3,(H,25,30)(H,26,29). The van der Waals surface area contributed by atoms with E-state index in [0.717, 1.165) is 22.9 Å². The molecule has 0 spiro atoms. The number of aryl methyl sites for hydroxylation is 2. The molecule has 0 amide bonds. The lowest BCUT2D eigenvalue weighted by Crippen LogP contribution is -2.41. The number of aromatic nitrogens is 1. The van der Waals surface area contributed by atoms with Crippen LogP contribution in [0.15, 0.2) is 53.3 Å². The molecule has 0 atom stereocenters. The fourth-order valence-corrected chi connectivity index (χ4v) is 3.69. The van der Waals surface area contributed by atoms with Gasteiger partial charge in [0.1, 0.15) is 0 Å². The van der Waals surface area contributed by atoms with Gasteiger partial charge in [-0.05, 0) is 79.2 Å². The van der Waals surface area contributed by atoms with Crippen molar-refractivity contribution in [3.63, 3.8) is 0 Å². The van der Waals surface area contributed by atoms with Crippen LogP contribution in [-0.4, -0.2) is 39.8 Å². The number of benzene rings is 2. The summed E-state index contributed by atoms with van der Waals surface area (Å²) >= 11 is 5.60. The SMILES string of the molecule is Cc1cc2cc(CN(CCCO)C(=S)NCCc3ccccc3)c(=O)[nH]c2cc1C. The van der Waals surface area contributed by atoms with Crippen LogP contribution in [-0.2, 0) is 13.0 Å². The van der Waals surface area contributed by atoms with Gasteiger partial charge in [-0.2, -0.15) is 0 Å². The smallest absolute Gasteiger partial charge is 0.253 e. The number of pyridine rings is 1. The number of fused-ring (bicyclic) bond motifs is 1. The van der Waals surface area contributed by atoms with Crippen molar-refractivity contribution in [2.75, 3.05) is 19.7 Å². The van der Waals surface area contributed by atoms with Gasteiger partial charge < -0.3 is 20.3 Å². The number of nitrogens with zero attached hydrogens (tertiary/aromatic N) is 1. The van der Waals surface area contributed by atoms with Crippen LogP contribution < -0.4 is 10.9 Å². The zero-order valence-electron chi connectivity index (χ0n) is 17.6. The lowest BCUT2D eigenvalue weighted by molar-refractivity contribution is 0.264. The summed E-state index contributed by atoms with van der Waals surface area (Å²) in [6.45, 7) is 5.88. The van der Waals surface area contributed by atoms with Gasteiger partial charge >= 0.3 is 0 Å². The molecule has 30 heavy (non-hydrogen) atoms. The van der Waals surface area contributed by atoms with Crippen molar-refractivity contribution in [2.24, 2.45) is 0 Å². The van der Waals surface area contributed by atoms with E-state index < -0.39 is 0 Å². The Morgan fingerprint density at radius 1 is 1.13 bits per heavy atom. The number of H-pyrrole nitrogens is 1. The average molecular weight is 424 g/mol. The maximum atomic E-state index is 12.7. The zero-order valence-corrected chi connectivity index (χ0v) is 18.4. The van der Waals surface area contributed by atoms with Crippen LogP contribution in [0.2, 0.25) is 0 Å². The summed E-state index contributed by atoms with van der Waals surface area (Å²) in [5, 5.41) is 14.2. The second-order valence-corrected chi connectivity index (χ2v) is 8.00. The minimum Gasteiger partial charge on any atom is -0.396 e. The Balaban J connectivity index is 1.73. The highest BCUT2D eigenvalue weighted by Gasteiger charge is 2.13. The van der Waals surface area contributed by atoms with Crippen LogP contribution in [0.4, 0.5) is 0 Å². The van der Waals surface area contributed by atoms with Crippen LogP contribution in [0.1, 0.15) is 28.7 Å². The second kappa shape index (κ2) is 10.4. The van der Waals surface area contributed by atoms with E-state index in [9.17, 15) is 9.90 Å². The summed E-state index contributed by atoms with van der Waals surface area (Å²) in [4.78, 5) is 17.6. The van der Waals surface area contributed by atoms with E-state index in [1.165, 1.54) is 11.1 Å². The van der Waals surface area contributed by atoms with Gasteiger partial charge in [0, 0.05) is 30.8 Å². The van der Waals surface area contributed by atoms with Crippen molar-refractivity contribution in [1.29, 1.82) is 0 Å². The maximum Gasteiger partial charge on any atom is 0.253 e. The first-order chi connectivity index (χ1) is 14.5. The van der Waals surface area contributed by atoms with Crippen molar-refractivity contribution in [1.82, 2.24) is 15.2 Å². The van der Waals surface area contributed by atoms with E-state index in [1.807, 2.05) is 42.2 Å². The maximum absolute atomic E-state index is 12.7. The minimum atomic E-state index is -0.105. The molecule has 1 aromatic heterocycles. The van der Waals surface area contributed by atoms with Gasteiger partial charge in [-0.25, -0.2) is 0 Å². The van der Waals surface area contributed by atoms with Gasteiger partial charge in [-0.15, -0.1) is 0 Å². The normalized spacial score (nSPS) is 10.9. The number of rotatable bonds is 8. The van der Waals surface area contributed by atoms with E-state index >= 15 is 0 Å². The molecular formula is C24H29N3O2S. The molecule has 1 heterocycles. The first kappa shape index (κ1) is 22.0. The quantitative estimate of drug-likeness (QED) is 0.484. The molecule has 0 aliphatic heterocycles. The van der Waals surface area contributed by atoms with Gasteiger partial charge in [-0.1, -0.05) is 30.3 Å². The Bertz CT molecular complexity index is 1060. The summed E-state index contributed by atoms with van der Waals surface area (Å²) in [7, 11) is 0. The molecule has 0 unspecified atom stereocenters. The highest BCUT2D eigenvalue weighted by molar-refractivity contribution is 7.80. The zero-order chi connectivity index (χ0) is 21.5. The highest BCUT2D eigenvalue weighted by Crippen LogP contribution is 2.18. The molecule has 0 saturated carbocycles. The van der Waals surface area contributed by atoms with E-state index in [4.69, 9.17) is 12.2 Å². The molecule has 158 valence electrons.